The van der Waals surface area contributed by atoms with Gasteiger partial charge in [0.05, 0.1) is 6.10 Å². The average Bonchev–Trinajstić information content (AvgIpc) is 2.94. The first-order valence-corrected chi connectivity index (χ1v) is 6.68. The van der Waals surface area contributed by atoms with Crippen LogP contribution in [0.15, 0.2) is 17.5 Å². The fraction of sp³-hybridized carbons (Fsp3) is 0.500. The number of β-amino-alcohol motifs (C(OH)–C–C–N with tert-alkyl or cyclic N) is 1. The topological polar surface area (TPSA) is 77.8 Å². The van der Waals surface area contributed by atoms with Gasteiger partial charge in [0.25, 0.3) is 0 Å². The van der Waals surface area contributed by atoms with Crippen LogP contribution in [0.1, 0.15) is 17.7 Å². The molecule has 1 aliphatic rings. The molecule has 0 spiro atoms. The van der Waals surface area contributed by atoms with Crippen molar-refractivity contribution in [2.75, 3.05) is 6.54 Å². The summed E-state index contributed by atoms with van der Waals surface area (Å²) < 4.78 is 0. The Morgan fingerprint density at radius 2 is 2.28 bits per heavy atom. The largest absolute Gasteiger partial charge is 0.480 e. The van der Waals surface area contributed by atoms with Crippen molar-refractivity contribution in [2.24, 2.45) is 0 Å². The number of amides is 1. The highest BCUT2D eigenvalue weighted by Gasteiger charge is 2.38. The highest BCUT2D eigenvalue weighted by atomic mass is 32.1. The number of hydrogen-bond donors (Lipinski definition) is 2. The number of aryl methyl sites for hydroxylation is 1. The third kappa shape index (κ3) is 2.88. The monoisotopic (exact) mass is 269 g/mol. The van der Waals surface area contributed by atoms with Crippen molar-refractivity contribution in [3.63, 3.8) is 0 Å². The fourth-order valence-electron chi connectivity index (χ4n) is 2.15. The van der Waals surface area contributed by atoms with Crippen molar-refractivity contribution >= 4 is 23.2 Å². The molecule has 5 nitrogen and oxygen atoms in total. The summed E-state index contributed by atoms with van der Waals surface area (Å²) in [6.07, 6.45) is 0.309. The van der Waals surface area contributed by atoms with Gasteiger partial charge in [-0.3, -0.25) is 4.79 Å². The molecule has 0 saturated carbocycles. The molecular formula is C12H15NO4S. The molecule has 0 radical (unpaired) electrons. The Morgan fingerprint density at radius 3 is 2.89 bits per heavy atom. The van der Waals surface area contributed by atoms with E-state index in [1.54, 1.807) is 11.3 Å². The van der Waals surface area contributed by atoms with E-state index in [-0.39, 0.29) is 25.3 Å². The van der Waals surface area contributed by atoms with Crippen LogP contribution in [0, 0.1) is 0 Å². The molecule has 2 rings (SSSR count). The number of hydrogen-bond acceptors (Lipinski definition) is 4. The van der Waals surface area contributed by atoms with Gasteiger partial charge in [0.1, 0.15) is 6.04 Å². The Labute approximate surface area is 109 Å². The van der Waals surface area contributed by atoms with Crippen LogP contribution in [-0.4, -0.2) is 45.7 Å². The van der Waals surface area contributed by atoms with Crippen molar-refractivity contribution in [3.8, 4) is 0 Å². The number of nitrogens with zero attached hydrogens (tertiary/aromatic N) is 1. The molecule has 1 aromatic heterocycles. The first-order chi connectivity index (χ1) is 8.58. The SMILES string of the molecule is O=C(O)[C@@H]1C[C@@H](O)CN1C(=O)CCc1cccs1. The minimum Gasteiger partial charge on any atom is -0.480 e. The van der Waals surface area contributed by atoms with Crippen molar-refractivity contribution in [1.82, 2.24) is 4.90 Å². The molecular weight excluding hydrogens is 254 g/mol. The minimum atomic E-state index is -1.05. The number of carboxylic acids is 1. The maximum atomic E-state index is 12.0. The van der Waals surface area contributed by atoms with Crippen LogP contribution in [0.5, 0.6) is 0 Å². The van der Waals surface area contributed by atoms with E-state index >= 15 is 0 Å². The number of carbonyl (C=O) groups is 2. The van der Waals surface area contributed by atoms with Crippen molar-refractivity contribution in [2.45, 2.75) is 31.4 Å². The van der Waals surface area contributed by atoms with E-state index < -0.39 is 18.1 Å². The number of likely N-dealkylation sites (tertiary alicyclic amines) is 1. The molecule has 2 atom stereocenters. The van der Waals surface area contributed by atoms with Crippen molar-refractivity contribution < 1.29 is 19.8 Å². The maximum absolute atomic E-state index is 12.0. The molecule has 0 aromatic carbocycles. The molecule has 18 heavy (non-hydrogen) atoms. The molecule has 0 unspecified atom stereocenters. The van der Waals surface area contributed by atoms with Crippen LogP contribution in [-0.2, 0) is 16.0 Å². The highest BCUT2D eigenvalue weighted by molar-refractivity contribution is 7.09. The first-order valence-electron chi connectivity index (χ1n) is 5.80. The summed E-state index contributed by atoms with van der Waals surface area (Å²) in [5, 5.41) is 20.4. The van der Waals surface area contributed by atoms with Gasteiger partial charge in [-0.2, -0.15) is 0 Å². The first kappa shape index (κ1) is 13.0. The highest BCUT2D eigenvalue weighted by Crippen LogP contribution is 2.20. The summed E-state index contributed by atoms with van der Waals surface area (Å²) in [6.45, 7) is 0.125. The number of carboxylic acid groups (broad SMARTS) is 1. The van der Waals surface area contributed by atoms with Gasteiger partial charge in [-0.15, -0.1) is 11.3 Å². The molecule has 98 valence electrons. The zero-order chi connectivity index (χ0) is 13.1. The van der Waals surface area contributed by atoms with E-state index in [0.29, 0.717) is 6.42 Å². The lowest BCUT2D eigenvalue weighted by molar-refractivity contribution is -0.148. The second-order valence-corrected chi connectivity index (χ2v) is 5.40. The Balaban J connectivity index is 1.93. The third-order valence-corrected chi connectivity index (χ3v) is 3.99. The van der Waals surface area contributed by atoms with Gasteiger partial charge in [-0.25, -0.2) is 4.79 Å². The van der Waals surface area contributed by atoms with E-state index in [0.717, 1.165) is 4.88 Å². The van der Waals surface area contributed by atoms with E-state index in [9.17, 15) is 14.7 Å². The van der Waals surface area contributed by atoms with Gasteiger partial charge in [0.15, 0.2) is 0 Å². The van der Waals surface area contributed by atoms with Crippen molar-refractivity contribution in [3.05, 3.63) is 22.4 Å². The van der Waals surface area contributed by atoms with Gasteiger partial charge in [-0.1, -0.05) is 6.07 Å². The molecule has 1 amide bonds. The summed E-state index contributed by atoms with van der Waals surface area (Å²) in [7, 11) is 0. The summed E-state index contributed by atoms with van der Waals surface area (Å²) in [6, 6.07) is 2.99. The zero-order valence-corrected chi connectivity index (χ0v) is 10.6. The van der Waals surface area contributed by atoms with Gasteiger partial charge >= 0.3 is 5.97 Å². The van der Waals surface area contributed by atoms with Crippen LogP contribution < -0.4 is 0 Å². The quantitative estimate of drug-likeness (QED) is 0.844. The Morgan fingerprint density at radius 1 is 1.50 bits per heavy atom. The van der Waals surface area contributed by atoms with Crippen LogP contribution in [0.25, 0.3) is 0 Å². The van der Waals surface area contributed by atoms with E-state index in [4.69, 9.17) is 5.11 Å². The van der Waals surface area contributed by atoms with Gasteiger partial charge in [0, 0.05) is 24.3 Å². The van der Waals surface area contributed by atoms with Gasteiger partial charge in [-0.05, 0) is 17.9 Å². The van der Waals surface area contributed by atoms with Crippen molar-refractivity contribution in [1.29, 1.82) is 0 Å². The smallest absolute Gasteiger partial charge is 0.326 e. The molecule has 1 aromatic rings. The predicted molar refractivity (Wildman–Crippen MR) is 66.4 cm³/mol. The third-order valence-electron chi connectivity index (χ3n) is 3.05. The van der Waals surface area contributed by atoms with Crippen LogP contribution in [0.3, 0.4) is 0 Å². The molecule has 1 aliphatic heterocycles. The summed E-state index contributed by atoms with van der Waals surface area (Å²) in [4.78, 5) is 25.3. The number of carbonyl (C=O) groups excluding carboxylic acids is 1. The van der Waals surface area contributed by atoms with Crippen LogP contribution in [0.4, 0.5) is 0 Å². The summed E-state index contributed by atoms with van der Waals surface area (Å²) in [5.74, 6) is -1.25. The summed E-state index contributed by atoms with van der Waals surface area (Å²) in [5.41, 5.74) is 0. The molecule has 1 fully saturated rings. The lowest BCUT2D eigenvalue weighted by atomic mass is 10.2. The number of thiophene rings is 1. The number of aliphatic hydroxyl groups excluding tert-OH is 1. The number of rotatable bonds is 4. The molecule has 2 N–H and O–H groups in total. The number of aliphatic hydroxyl groups is 1. The molecule has 6 heteroatoms. The Hall–Kier alpha value is -1.40. The van der Waals surface area contributed by atoms with Crippen LogP contribution in [0.2, 0.25) is 0 Å². The number of aliphatic carboxylic acids is 1. The Kier molecular flexibility index (Phi) is 3.98. The zero-order valence-electron chi connectivity index (χ0n) is 9.78. The standard InChI is InChI=1S/C12H15NO4S/c14-8-6-10(12(16)17)13(7-8)11(15)4-3-9-2-1-5-18-9/h1-2,5,8,10,14H,3-4,6-7H2,(H,16,17)/t8-,10+/m1/s1. The van der Waals surface area contributed by atoms with Gasteiger partial charge < -0.3 is 15.1 Å². The lowest BCUT2D eigenvalue weighted by Crippen LogP contribution is -2.40. The molecule has 1 saturated heterocycles. The maximum Gasteiger partial charge on any atom is 0.326 e. The van der Waals surface area contributed by atoms with E-state index in [1.807, 2.05) is 17.5 Å². The second kappa shape index (κ2) is 5.49. The van der Waals surface area contributed by atoms with E-state index in [1.165, 1.54) is 4.90 Å². The fourth-order valence-corrected chi connectivity index (χ4v) is 2.86. The summed E-state index contributed by atoms with van der Waals surface area (Å²) >= 11 is 1.58. The molecule has 0 aliphatic carbocycles. The lowest BCUT2D eigenvalue weighted by Gasteiger charge is -2.20. The predicted octanol–water partition coefficient (Wildman–Crippen LogP) is 0.727. The minimum absolute atomic E-state index is 0.125. The van der Waals surface area contributed by atoms with E-state index in [2.05, 4.69) is 0 Å². The molecule has 2 heterocycles. The Bertz CT molecular complexity index is 431. The average molecular weight is 269 g/mol. The second-order valence-electron chi connectivity index (χ2n) is 4.37. The molecule has 0 bridgehead atoms. The normalized spacial score (nSPS) is 23.3. The van der Waals surface area contributed by atoms with Crippen LogP contribution >= 0.6 is 11.3 Å². The van der Waals surface area contributed by atoms with Gasteiger partial charge in [0.2, 0.25) is 5.91 Å².